The predicted octanol–water partition coefficient (Wildman–Crippen LogP) is -0.349. The number of carbonyl (C=O) groups is 1. The summed E-state index contributed by atoms with van der Waals surface area (Å²) >= 11 is 0. The first kappa shape index (κ1) is 11.0. The van der Waals surface area contributed by atoms with Crippen LogP contribution in [0.15, 0.2) is 5.16 Å². The third-order valence-corrected chi connectivity index (χ3v) is 3.62. The van der Waals surface area contributed by atoms with E-state index >= 15 is 0 Å². The number of nitrogens with zero attached hydrogens (tertiary/aromatic N) is 1. The zero-order valence-corrected chi connectivity index (χ0v) is 8.45. The molecule has 0 bridgehead atoms. The summed E-state index contributed by atoms with van der Waals surface area (Å²) in [6, 6.07) is 0. The van der Waals surface area contributed by atoms with Crippen molar-refractivity contribution >= 4 is 21.5 Å². The normalized spacial score (nSPS) is 21.5. The molecule has 1 unspecified atom stereocenters. The SMILES string of the molecule is CCS(=O)(=O)CC1CC(C(=O)O)=NO1. The van der Waals surface area contributed by atoms with Crippen molar-refractivity contribution < 1.29 is 23.2 Å². The van der Waals surface area contributed by atoms with E-state index in [-0.39, 0.29) is 23.6 Å². The Labute approximate surface area is 81.5 Å². The molecule has 0 aromatic rings. The first-order valence-electron chi connectivity index (χ1n) is 4.11. The first-order valence-corrected chi connectivity index (χ1v) is 5.93. The van der Waals surface area contributed by atoms with E-state index in [4.69, 9.17) is 9.94 Å². The standard InChI is InChI=1S/C7H11NO5S/c1-2-14(11,12)4-5-3-6(7(9)10)8-13-5/h5H,2-4H2,1H3,(H,9,10). The van der Waals surface area contributed by atoms with Crippen molar-refractivity contribution in [2.45, 2.75) is 19.4 Å². The third kappa shape index (κ3) is 2.69. The average molecular weight is 221 g/mol. The fraction of sp³-hybridized carbons (Fsp3) is 0.714. The summed E-state index contributed by atoms with van der Waals surface area (Å²) in [6.07, 6.45) is -0.597. The zero-order chi connectivity index (χ0) is 10.8. The van der Waals surface area contributed by atoms with E-state index in [9.17, 15) is 13.2 Å². The maximum absolute atomic E-state index is 11.2. The lowest BCUT2D eigenvalue weighted by Crippen LogP contribution is -2.23. The number of rotatable bonds is 4. The molecule has 0 saturated heterocycles. The lowest BCUT2D eigenvalue weighted by Gasteiger charge is -2.06. The van der Waals surface area contributed by atoms with Gasteiger partial charge in [0.2, 0.25) is 0 Å². The summed E-state index contributed by atoms with van der Waals surface area (Å²) in [5.41, 5.74) is -0.124. The molecule has 6 nitrogen and oxygen atoms in total. The van der Waals surface area contributed by atoms with Gasteiger partial charge < -0.3 is 9.94 Å². The van der Waals surface area contributed by atoms with Gasteiger partial charge in [-0.1, -0.05) is 12.1 Å². The number of carboxylic acid groups (broad SMARTS) is 1. The fourth-order valence-corrected chi connectivity index (χ4v) is 2.03. The molecule has 1 heterocycles. The Hall–Kier alpha value is -1.11. The van der Waals surface area contributed by atoms with E-state index in [2.05, 4.69) is 5.16 Å². The van der Waals surface area contributed by atoms with Crippen LogP contribution in [0.4, 0.5) is 0 Å². The molecular weight excluding hydrogens is 210 g/mol. The summed E-state index contributed by atoms with van der Waals surface area (Å²) in [6.45, 7) is 1.53. The lowest BCUT2D eigenvalue weighted by molar-refractivity contribution is -0.129. The zero-order valence-electron chi connectivity index (χ0n) is 7.63. The Balaban J connectivity index is 2.52. The van der Waals surface area contributed by atoms with Gasteiger partial charge in [0.15, 0.2) is 15.5 Å². The van der Waals surface area contributed by atoms with Crippen molar-refractivity contribution in [2.24, 2.45) is 5.16 Å². The molecule has 80 valence electrons. The van der Waals surface area contributed by atoms with E-state index in [0.29, 0.717) is 0 Å². The molecule has 0 amide bonds. The van der Waals surface area contributed by atoms with Crippen LogP contribution in [0.2, 0.25) is 0 Å². The quantitative estimate of drug-likeness (QED) is 0.700. The van der Waals surface area contributed by atoms with Crippen LogP contribution in [0.5, 0.6) is 0 Å². The summed E-state index contributed by atoms with van der Waals surface area (Å²) in [5, 5.41) is 11.8. The largest absolute Gasteiger partial charge is 0.477 e. The van der Waals surface area contributed by atoms with Crippen LogP contribution in [0, 0.1) is 0 Å². The fourth-order valence-electron chi connectivity index (χ4n) is 1.05. The number of oxime groups is 1. The number of aliphatic carboxylic acids is 1. The summed E-state index contributed by atoms with van der Waals surface area (Å²) in [7, 11) is -3.14. The topological polar surface area (TPSA) is 93.0 Å². The van der Waals surface area contributed by atoms with E-state index in [1.54, 1.807) is 0 Å². The molecule has 0 aliphatic carbocycles. The molecule has 7 heteroatoms. The Morgan fingerprint density at radius 1 is 1.71 bits per heavy atom. The monoisotopic (exact) mass is 221 g/mol. The van der Waals surface area contributed by atoms with E-state index in [1.165, 1.54) is 6.92 Å². The van der Waals surface area contributed by atoms with Crippen molar-refractivity contribution in [1.82, 2.24) is 0 Å². The van der Waals surface area contributed by atoms with Gasteiger partial charge in [-0.2, -0.15) is 0 Å². The first-order chi connectivity index (χ1) is 6.44. The minimum absolute atomic E-state index is 0.0231. The number of hydrogen-bond acceptors (Lipinski definition) is 5. The Bertz CT molecular complexity index is 358. The minimum atomic E-state index is -3.14. The minimum Gasteiger partial charge on any atom is -0.477 e. The summed E-state index contributed by atoms with van der Waals surface area (Å²) in [5.74, 6) is -1.32. The van der Waals surface area contributed by atoms with E-state index < -0.39 is 21.9 Å². The Kier molecular flexibility index (Phi) is 3.10. The van der Waals surface area contributed by atoms with Crippen molar-refractivity contribution in [3.63, 3.8) is 0 Å². The molecule has 0 spiro atoms. The van der Waals surface area contributed by atoms with Gasteiger partial charge in [0, 0.05) is 12.2 Å². The van der Waals surface area contributed by atoms with Crippen molar-refractivity contribution in [3.05, 3.63) is 0 Å². The van der Waals surface area contributed by atoms with Crippen molar-refractivity contribution in [2.75, 3.05) is 11.5 Å². The smallest absolute Gasteiger partial charge is 0.353 e. The molecule has 0 radical (unpaired) electrons. The van der Waals surface area contributed by atoms with Crippen LogP contribution >= 0.6 is 0 Å². The maximum atomic E-state index is 11.2. The van der Waals surface area contributed by atoms with Gasteiger partial charge in [0.1, 0.15) is 6.10 Å². The van der Waals surface area contributed by atoms with Crippen molar-refractivity contribution in [1.29, 1.82) is 0 Å². The molecule has 1 aliphatic heterocycles. The summed E-state index contributed by atoms with van der Waals surface area (Å²) in [4.78, 5) is 15.1. The third-order valence-electron chi connectivity index (χ3n) is 1.86. The van der Waals surface area contributed by atoms with Gasteiger partial charge in [0.05, 0.1) is 5.75 Å². The number of hydrogen-bond donors (Lipinski definition) is 1. The average Bonchev–Trinajstić information content (AvgIpc) is 2.52. The van der Waals surface area contributed by atoms with Gasteiger partial charge in [-0.15, -0.1) is 0 Å². The lowest BCUT2D eigenvalue weighted by atomic mass is 10.2. The molecule has 1 atom stereocenters. The predicted molar refractivity (Wildman–Crippen MR) is 48.9 cm³/mol. The van der Waals surface area contributed by atoms with Crippen LogP contribution in [-0.4, -0.2) is 42.8 Å². The highest BCUT2D eigenvalue weighted by atomic mass is 32.2. The summed E-state index contributed by atoms with van der Waals surface area (Å²) < 4.78 is 22.3. The molecule has 1 N–H and O–H groups in total. The van der Waals surface area contributed by atoms with E-state index in [0.717, 1.165) is 0 Å². The van der Waals surface area contributed by atoms with Crippen LogP contribution in [0.3, 0.4) is 0 Å². The molecule has 1 aliphatic rings. The van der Waals surface area contributed by atoms with Gasteiger partial charge in [-0.25, -0.2) is 13.2 Å². The molecule has 0 aromatic carbocycles. The molecule has 1 rings (SSSR count). The van der Waals surface area contributed by atoms with Crippen LogP contribution in [0.25, 0.3) is 0 Å². The molecular formula is C7H11NO5S. The Morgan fingerprint density at radius 3 is 2.79 bits per heavy atom. The van der Waals surface area contributed by atoms with Crippen LogP contribution < -0.4 is 0 Å². The van der Waals surface area contributed by atoms with E-state index in [1.807, 2.05) is 0 Å². The second-order valence-corrected chi connectivity index (χ2v) is 5.37. The maximum Gasteiger partial charge on any atom is 0.353 e. The highest BCUT2D eigenvalue weighted by Gasteiger charge is 2.29. The van der Waals surface area contributed by atoms with Gasteiger partial charge >= 0.3 is 5.97 Å². The number of sulfone groups is 1. The highest BCUT2D eigenvalue weighted by Crippen LogP contribution is 2.13. The Morgan fingerprint density at radius 2 is 2.36 bits per heavy atom. The second kappa shape index (κ2) is 3.95. The second-order valence-electron chi connectivity index (χ2n) is 2.97. The molecule has 14 heavy (non-hydrogen) atoms. The molecule has 0 saturated carbocycles. The number of carboxylic acids is 1. The van der Waals surface area contributed by atoms with Gasteiger partial charge in [-0.3, -0.25) is 0 Å². The van der Waals surface area contributed by atoms with Crippen LogP contribution in [0.1, 0.15) is 13.3 Å². The van der Waals surface area contributed by atoms with Gasteiger partial charge in [-0.05, 0) is 0 Å². The highest BCUT2D eigenvalue weighted by molar-refractivity contribution is 7.91. The van der Waals surface area contributed by atoms with Gasteiger partial charge in [0.25, 0.3) is 0 Å². The molecule has 0 fully saturated rings. The van der Waals surface area contributed by atoms with Crippen molar-refractivity contribution in [3.8, 4) is 0 Å². The van der Waals surface area contributed by atoms with Crippen LogP contribution in [-0.2, 0) is 19.5 Å². The molecule has 0 aromatic heterocycles.